The average Bonchev–Trinajstić information content (AvgIpc) is 2.82. The van der Waals surface area contributed by atoms with Crippen LogP contribution in [0.5, 0.6) is 0 Å². The van der Waals surface area contributed by atoms with Gasteiger partial charge in [-0.1, -0.05) is 78.3 Å². The molecule has 1 fully saturated rings. The van der Waals surface area contributed by atoms with Gasteiger partial charge in [-0.05, 0) is 48.7 Å². The molecule has 0 aromatic heterocycles. The highest BCUT2D eigenvalue weighted by atomic mass is 16.6. The molecule has 1 aliphatic rings. The number of aliphatic hydroxyl groups excluding tert-OH is 1. The smallest absolute Gasteiger partial charge is 0.118 e. The topological polar surface area (TPSA) is 45.1 Å². The number of likely N-dealkylation sites (tertiary alicyclic amines) is 1. The van der Waals surface area contributed by atoms with E-state index in [1.165, 1.54) is 37.7 Å². The predicted octanol–water partition coefficient (Wildman–Crippen LogP) is 4.98. The van der Waals surface area contributed by atoms with Gasteiger partial charge in [0.1, 0.15) is 12.3 Å². The van der Waals surface area contributed by atoms with E-state index in [-0.39, 0.29) is 6.61 Å². The first-order valence-electron chi connectivity index (χ1n) is 11.0. The van der Waals surface area contributed by atoms with Gasteiger partial charge < -0.3 is 14.8 Å². The Kier molecular flexibility index (Phi) is 7.11. The van der Waals surface area contributed by atoms with Gasteiger partial charge in [-0.25, -0.2) is 0 Å². The third-order valence-electron chi connectivity index (χ3n) is 5.77. The van der Waals surface area contributed by atoms with Crippen molar-refractivity contribution in [1.82, 2.24) is 4.90 Å². The van der Waals surface area contributed by atoms with E-state index in [0.29, 0.717) is 6.61 Å². The fourth-order valence-corrected chi connectivity index (χ4v) is 4.10. The lowest BCUT2D eigenvalue weighted by Crippen LogP contribution is -2.31. The second-order valence-electron chi connectivity index (χ2n) is 7.91. The molecule has 3 aromatic carbocycles. The van der Waals surface area contributed by atoms with Crippen molar-refractivity contribution in [2.24, 2.45) is 5.16 Å². The number of piperidine rings is 1. The van der Waals surface area contributed by atoms with Crippen molar-refractivity contribution in [1.29, 1.82) is 0 Å². The second kappa shape index (κ2) is 10.4. The Labute approximate surface area is 178 Å². The Morgan fingerprint density at radius 2 is 1.67 bits per heavy atom. The molecule has 4 rings (SSSR count). The number of rotatable bonds is 8. The quantitative estimate of drug-likeness (QED) is 0.328. The first kappa shape index (κ1) is 20.6. The summed E-state index contributed by atoms with van der Waals surface area (Å²) in [5, 5.41) is 16.3. The normalized spacial score (nSPS) is 15.4. The molecular formula is C26H30N2O2. The molecule has 156 valence electrons. The molecule has 1 saturated heterocycles. The summed E-state index contributed by atoms with van der Waals surface area (Å²) in [5.74, 6) is 0. The molecule has 0 atom stereocenters. The molecule has 1 N–H and O–H groups in total. The van der Waals surface area contributed by atoms with Crippen LogP contribution in [0.4, 0.5) is 0 Å². The van der Waals surface area contributed by atoms with E-state index in [1.807, 2.05) is 24.3 Å². The third-order valence-corrected chi connectivity index (χ3v) is 5.77. The second-order valence-corrected chi connectivity index (χ2v) is 7.91. The van der Waals surface area contributed by atoms with Crippen molar-refractivity contribution in [3.8, 4) is 0 Å². The molecule has 1 heterocycles. The summed E-state index contributed by atoms with van der Waals surface area (Å²) in [6.07, 6.45) is 4.97. The van der Waals surface area contributed by atoms with Crippen LogP contribution in [0.25, 0.3) is 10.8 Å². The fourth-order valence-electron chi connectivity index (χ4n) is 4.10. The Morgan fingerprint density at radius 1 is 0.900 bits per heavy atom. The highest BCUT2D eigenvalue weighted by Crippen LogP contribution is 2.23. The Balaban J connectivity index is 1.54. The average molecular weight is 403 g/mol. The van der Waals surface area contributed by atoms with Crippen LogP contribution in [-0.4, -0.2) is 42.0 Å². The number of benzene rings is 3. The van der Waals surface area contributed by atoms with Crippen LogP contribution in [-0.2, 0) is 11.4 Å². The zero-order valence-corrected chi connectivity index (χ0v) is 17.5. The van der Waals surface area contributed by atoms with Gasteiger partial charge >= 0.3 is 0 Å². The zero-order chi connectivity index (χ0) is 20.6. The third kappa shape index (κ3) is 5.07. The molecule has 4 nitrogen and oxygen atoms in total. The maximum atomic E-state index is 9.37. The fraction of sp³-hybridized carbons (Fsp3) is 0.346. The standard InChI is InChI=1S/C26H30N2O2/c29-20-21-12-14-23(15-13-21)26(25-11-6-9-22-8-2-3-10-24(22)25)27-30-19-7-18-28-16-4-1-5-17-28/h2-3,6,8-15,29H,1,4-5,7,16-20H2/b27-26+. The summed E-state index contributed by atoms with van der Waals surface area (Å²) in [5.41, 5.74) is 3.76. The minimum absolute atomic E-state index is 0.0357. The van der Waals surface area contributed by atoms with E-state index in [4.69, 9.17) is 4.84 Å². The molecular weight excluding hydrogens is 372 g/mol. The van der Waals surface area contributed by atoms with Gasteiger partial charge in [-0.15, -0.1) is 0 Å². The SMILES string of the molecule is OCc1ccc(/C(=N\OCCCN2CCCCC2)c2cccc3ccccc23)cc1. The largest absolute Gasteiger partial charge is 0.395 e. The van der Waals surface area contributed by atoms with Gasteiger partial charge in [0, 0.05) is 17.7 Å². The van der Waals surface area contributed by atoms with Gasteiger partial charge in [-0.2, -0.15) is 0 Å². The van der Waals surface area contributed by atoms with Crippen LogP contribution < -0.4 is 0 Å². The summed E-state index contributed by atoms with van der Waals surface area (Å²) in [4.78, 5) is 8.34. The lowest BCUT2D eigenvalue weighted by Gasteiger charge is -2.25. The molecule has 3 aromatic rings. The van der Waals surface area contributed by atoms with Gasteiger partial charge in [0.15, 0.2) is 0 Å². The molecule has 0 saturated carbocycles. The van der Waals surface area contributed by atoms with Crippen LogP contribution in [0.2, 0.25) is 0 Å². The number of nitrogens with zero attached hydrogens (tertiary/aromatic N) is 2. The summed E-state index contributed by atoms with van der Waals surface area (Å²) >= 11 is 0. The van der Waals surface area contributed by atoms with Crippen molar-refractivity contribution in [3.05, 3.63) is 83.4 Å². The lowest BCUT2D eigenvalue weighted by atomic mass is 9.96. The van der Waals surface area contributed by atoms with Crippen LogP contribution in [0.15, 0.2) is 71.9 Å². The maximum Gasteiger partial charge on any atom is 0.118 e. The van der Waals surface area contributed by atoms with Gasteiger partial charge in [0.05, 0.1) is 6.61 Å². The molecule has 1 aliphatic heterocycles. The molecule has 0 spiro atoms. The highest BCUT2D eigenvalue weighted by Gasteiger charge is 2.13. The van der Waals surface area contributed by atoms with E-state index in [9.17, 15) is 5.11 Å². The van der Waals surface area contributed by atoms with Gasteiger partial charge in [-0.3, -0.25) is 0 Å². The van der Waals surface area contributed by atoms with E-state index < -0.39 is 0 Å². The van der Waals surface area contributed by atoms with Crippen LogP contribution >= 0.6 is 0 Å². The van der Waals surface area contributed by atoms with Crippen LogP contribution in [0.1, 0.15) is 42.4 Å². The maximum absolute atomic E-state index is 9.37. The monoisotopic (exact) mass is 402 g/mol. The minimum Gasteiger partial charge on any atom is -0.395 e. The minimum atomic E-state index is 0.0357. The molecule has 0 unspecified atom stereocenters. The molecule has 30 heavy (non-hydrogen) atoms. The number of fused-ring (bicyclic) bond motifs is 1. The summed E-state index contributed by atoms with van der Waals surface area (Å²) in [7, 11) is 0. The summed E-state index contributed by atoms with van der Waals surface area (Å²) < 4.78 is 0. The van der Waals surface area contributed by atoms with E-state index in [2.05, 4.69) is 52.5 Å². The summed E-state index contributed by atoms with van der Waals surface area (Å²) in [6.45, 7) is 4.14. The van der Waals surface area contributed by atoms with Crippen LogP contribution in [0, 0.1) is 0 Å². The molecule has 4 heteroatoms. The highest BCUT2D eigenvalue weighted by molar-refractivity contribution is 6.19. The Hall–Kier alpha value is -2.69. The molecule has 0 radical (unpaired) electrons. The Bertz CT molecular complexity index is 970. The molecule has 0 bridgehead atoms. The molecule has 0 amide bonds. The van der Waals surface area contributed by atoms with Crippen molar-refractivity contribution in [2.45, 2.75) is 32.3 Å². The van der Waals surface area contributed by atoms with E-state index in [0.717, 1.165) is 40.8 Å². The lowest BCUT2D eigenvalue weighted by molar-refractivity contribution is 0.124. The first-order valence-corrected chi connectivity index (χ1v) is 11.0. The number of aliphatic hydroxyl groups is 1. The summed E-state index contributed by atoms with van der Waals surface area (Å²) in [6, 6.07) is 22.5. The van der Waals surface area contributed by atoms with Crippen molar-refractivity contribution in [2.75, 3.05) is 26.2 Å². The number of hydrogen-bond acceptors (Lipinski definition) is 4. The number of hydrogen-bond donors (Lipinski definition) is 1. The van der Waals surface area contributed by atoms with Crippen molar-refractivity contribution in [3.63, 3.8) is 0 Å². The molecule has 0 aliphatic carbocycles. The van der Waals surface area contributed by atoms with Gasteiger partial charge in [0.2, 0.25) is 0 Å². The van der Waals surface area contributed by atoms with E-state index >= 15 is 0 Å². The van der Waals surface area contributed by atoms with Crippen molar-refractivity contribution >= 4 is 16.5 Å². The van der Waals surface area contributed by atoms with E-state index in [1.54, 1.807) is 0 Å². The van der Waals surface area contributed by atoms with Crippen molar-refractivity contribution < 1.29 is 9.94 Å². The number of oxime groups is 1. The van der Waals surface area contributed by atoms with Gasteiger partial charge in [0.25, 0.3) is 0 Å². The van der Waals surface area contributed by atoms with Crippen LogP contribution in [0.3, 0.4) is 0 Å². The Morgan fingerprint density at radius 3 is 2.47 bits per heavy atom. The first-order chi connectivity index (χ1) is 14.8. The predicted molar refractivity (Wildman–Crippen MR) is 123 cm³/mol. The zero-order valence-electron chi connectivity index (χ0n) is 17.5.